The predicted molar refractivity (Wildman–Crippen MR) is 228 cm³/mol. The van der Waals surface area contributed by atoms with E-state index < -0.39 is 39.7 Å². The van der Waals surface area contributed by atoms with Gasteiger partial charge < -0.3 is 25.6 Å². The number of hydrogen-bond donors (Lipinski definition) is 5. The van der Waals surface area contributed by atoms with Crippen LogP contribution in [-0.2, 0) is 19.6 Å². The van der Waals surface area contributed by atoms with Crippen LogP contribution < -0.4 is 31.1 Å². The molecule has 0 saturated carbocycles. The molecule has 17 nitrogen and oxygen atoms in total. The first-order valence-corrected chi connectivity index (χ1v) is 22.2. The Balaban J connectivity index is 0.754. The summed E-state index contributed by atoms with van der Waals surface area (Å²) >= 11 is 0. The Labute approximate surface area is 354 Å². The zero-order valence-electron chi connectivity index (χ0n) is 33.9. The summed E-state index contributed by atoms with van der Waals surface area (Å²) in [5.41, 5.74) is 3.15. The normalized spacial score (nSPS) is 20.3. The molecular formula is C43H50N10O7S. The van der Waals surface area contributed by atoms with Crippen LogP contribution in [0.25, 0.3) is 0 Å². The molecule has 0 aliphatic carbocycles. The average Bonchev–Trinajstić information content (AvgIpc) is 3.48. The van der Waals surface area contributed by atoms with Gasteiger partial charge in [-0.25, -0.2) is 18.5 Å². The lowest BCUT2D eigenvalue weighted by Crippen LogP contribution is -2.54. The van der Waals surface area contributed by atoms with Crippen molar-refractivity contribution in [3.05, 3.63) is 89.6 Å². The van der Waals surface area contributed by atoms with Crippen molar-refractivity contribution in [2.45, 2.75) is 62.4 Å². The molecule has 3 aromatic carbocycles. The molecule has 3 saturated heterocycles. The molecule has 3 fully saturated rings. The first kappa shape index (κ1) is 41.8. The van der Waals surface area contributed by atoms with E-state index in [-0.39, 0.29) is 34.9 Å². The molecule has 1 unspecified atom stereocenters. The highest BCUT2D eigenvalue weighted by molar-refractivity contribution is 7.89. The van der Waals surface area contributed by atoms with Crippen LogP contribution in [0.2, 0.25) is 0 Å². The fourth-order valence-electron chi connectivity index (χ4n) is 8.52. The second kappa shape index (κ2) is 18.0. The number of nitrogens with zero attached hydrogens (tertiary/aromatic N) is 5. The van der Waals surface area contributed by atoms with E-state index in [0.29, 0.717) is 30.0 Å². The van der Waals surface area contributed by atoms with Gasteiger partial charge in [-0.15, -0.1) is 0 Å². The number of benzene rings is 3. The number of nitrogens with one attached hydrogen (secondary N) is 4. The minimum Gasteiger partial charge on any atom is -0.492 e. The number of ether oxygens (including phenoxy) is 1. The molecule has 4 amide bonds. The number of aryl methyl sites for hydroxylation is 1. The SMILES string of the molecule is Cc1cnc(Nc2ccc(OCCN3CCC(CN4CCC[C@H](Nc5ccc6c(c5)C(=O)N(C5CCC(=O)NC5=O)C6=O)C4)CC3)cc2)nc1Nc1ccccc1S(N)(=O)=O. The van der Waals surface area contributed by atoms with Crippen LogP contribution >= 0.6 is 0 Å². The number of para-hydroxylation sites is 1. The molecular weight excluding hydrogens is 801 g/mol. The lowest BCUT2D eigenvalue weighted by atomic mass is 9.94. The summed E-state index contributed by atoms with van der Waals surface area (Å²) in [6.45, 7) is 8.25. The van der Waals surface area contributed by atoms with Crippen molar-refractivity contribution < 1.29 is 32.3 Å². The van der Waals surface area contributed by atoms with E-state index in [4.69, 9.17) is 9.88 Å². The average molecular weight is 851 g/mol. The number of primary sulfonamides is 1. The number of rotatable bonds is 14. The van der Waals surface area contributed by atoms with Crippen molar-refractivity contribution in [1.82, 2.24) is 30.0 Å². The van der Waals surface area contributed by atoms with Gasteiger partial charge in [-0.1, -0.05) is 12.1 Å². The minimum absolute atomic E-state index is 0.0265. The first-order valence-electron chi connectivity index (χ1n) is 20.7. The van der Waals surface area contributed by atoms with Gasteiger partial charge in [-0.05, 0) is 119 Å². The molecule has 2 atom stereocenters. The van der Waals surface area contributed by atoms with Crippen molar-refractivity contribution >= 4 is 62.5 Å². The highest BCUT2D eigenvalue weighted by Gasteiger charge is 2.44. The second-order valence-electron chi connectivity index (χ2n) is 16.1. The monoisotopic (exact) mass is 850 g/mol. The number of carbonyl (C=O) groups excluding carboxylic acids is 4. The molecule has 5 heterocycles. The highest BCUT2D eigenvalue weighted by Crippen LogP contribution is 2.31. The van der Waals surface area contributed by atoms with Crippen LogP contribution in [0, 0.1) is 12.8 Å². The molecule has 6 N–H and O–H groups in total. The summed E-state index contributed by atoms with van der Waals surface area (Å²) in [5.74, 6) is 0.146. The number of aromatic nitrogens is 2. The molecule has 61 heavy (non-hydrogen) atoms. The Morgan fingerprint density at radius 2 is 1.62 bits per heavy atom. The van der Waals surface area contributed by atoms with Crippen LogP contribution in [0.3, 0.4) is 0 Å². The molecule has 0 bridgehead atoms. The summed E-state index contributed by atoms with van der Waals surface area (Å²) in [5, 5.41) is 17.5. The van der Waals surface area contributed by atoms with E-state index in [1.54, 1.807) is 36.5 Å². The molecule has 4 aliphatic rings. The number of piperidine rings is 3. The van der Waals surface area contributed by atoms with E-state index in [1.165, 1.54) is 6.07 Å². The Bertz CT molecular complexity index is 2420. The Hall–Kier alpha value is -5.95. The number of hydrogen-bond acceptors (Lipinski definition) is 14. The van der Waals surface area contributed by atoms with E-state index in [1.807, 2.05) is 37.3 Å². The predicted octanol–water partition coefficient (Wildman–Crippen LogP) is 3.99. The van der Waals surface area contributed by atoms with Crippen LogP contribution in [0.4, 0.5) is 28.8 Å². The zero-order valence-corrected chi connectivity index (χ0v) is 34.7. The molecule has 0 spiro atoms. The summed E-state index contributed by atoms with van der Waals surface area (Å²) < 4.78 is 30.2. The topological polar surface area (TPSA) is 221 Å². The standard InChI is InChI=1S/C43H50N10O7S/c1-27-24-45-43(50-39(27)48-35-6-2-3-7-37(35)61(44,58)59)47-29-8-11-32(12-9-29)60-22-21-51-19-16-28(17-20-51)25-52-18-4-5-31(26-52)46-30-10-13-33-34(23-30)42(57)53(41(33)56)36-14-15-38(54)49-40(36)55/h2-3,6-13,23-24,28,31,36,46H,4-5,14-22,25-26H2,1H3,(H2,44,58,59)(H,49,54,55)(H2,45,47,48,50)/t31-,36?/m0/s1. The number of likely N-dealkylation sites (tertiary alicyclic amines) is 2. The third-order valence-electron chi connectivity index (χ3n) is 11.7. The fraction of sp³-hybridized carbons (Fsp3) is 0.395. The van der Waals surface area contributed by atoms with Gasteiger partial charge in [0, 0.05) is 55.2 Å². The Morgan fingerprint density at radius 1 is 0.869 bits per heavy atom. The van der Waals surface area contributed by atoms with Gasteiger partial charge in [0.15, 0.2) is 0 Å². The van der Waals surface area contributed by atoms with Gasteiger partial charge in [-0.3, -0.25) is 34.3 Å². The van der Waals surface area contributed by atoms with Gasteiger partial charge in [-0.2, -0.15) is 4.98 Å². The quantitative estimate of drug-likeness (QED) is 0.113. The van der Waals surface area contributed by atoms with Crippen molar-refractivity contribution in [2.75, 3.05) is 61.8 Å². The van der Waals surface area contributed by atoms with Gasteiger partial charge in [0.2, 0.25) is 27.8 Å². The molecule has 1 aromatic heterocycles. The van der Waals surface area contributed by atoms with Gasteiger partial charge in [0.25, 0.3) is 11.8 Å². The third-order valence-corrected chi connectivity index (χ3v) is 12.7. The maximum absolute atomic E-state index is 13.3. The van der Waals surface area contributed by atoms with Gasteiger partial charge >= 0.3 is 0 Å². The van der Waals surface area contributed by atoms with E-state index in [0.717, 1.165) is 92.5 Å². The van der Waals surface area contributed by atoms with E-state index >= 15 is 0 Å². The summed E-state index contributed by atoms with van der Waals surface area (Å²) in [6, 6.07) is 18.4. The number of anilines is 5. The second-order valence-corrected chi connectivity index (χ2v) is 17.7. The lowest BCUT2D eigenvalue weighted by molar-refractivity contribution is -0.136. The largest absolute Gasteiger partial charge is 0.492 e. The molecule has 8 rings (SSSR count). The van der Waals surface area contributed by atoms with Crippen LogP contribution in [-0.4, -0.2) is 115 Å². The summed E-state index contributed by atoms with van der Waals surface area (Å²) in [4.78, 5) is 65.4. The van der Waals surface area contributed by atoms with Crippen LogP contribution in [0.15, 0.2) is 77.8 Å². The fourth-order valence-corrected chi connectivity index (χ4v) is 9.22. The summed E-state index contributed by atoms with van der Waals surface area (Å²) in [7, 11) is -3.93. The van der Waals surface area contributed by atoms with Crippen molar-refractivity contribution in [3.8, 4) is 5.75 Å². The zero-order chi connectivity index (χ0) is 42.7. The highest BCUT2D eigenvalue weighted by atomic mass is 32.2. The lowest BCUT2D eigenvalue weighted by Gasteiger charge is -2.38. The third kappa shape index (κ3) is 9.83. The molecule has 320 valence electrons. The number of nitrogens with two attached hydrogens (primary N) is 1. The first-order chi connectivity index (χ1) is 29.4. The number of imide groups is 2. The van der Waals surface area contributed by atoms with Gasteiger partial charge in [0.05, 0.1) is 16.8 Å². The maximum Gasteiger partial charge on any atom is 0.262 e. The number of carbonyl (C=O) groups is 4. The Kier molecular flexibility index (Phi) is 12.3. The molecule has 4 aliphatic heterocycles. The maximum atomic E-state index is 13.3. The number of sulfonamides is 1. The van der Waals surface area contributed by atoms with Crippen molar-refractivity contribution in [3.63, 3.8) is 0 Å². The number of amides is 4. The van der Waals surface area contributed by atoms with E-state index in [9.17, 15) is 27.6 Å². The smallest absolute Gasteiger partial charge is 0.262 e. The minimum atomic E-state index is -3.93. The van der Waals surface area contributed by atoms with Crippen LogP contribution in [0.1, 0.15) is 64.8 Å². The van der Waals surface area contributed by atoms with Gasteiger partial charge in [0.1, 0.15) is 29.1 Å². The van der Waals surface area contributed by atoms with E-state index in [2.05, 4.69) is 41.0 Å². The number of fused-ring (bicyclic) bond motifs is 1. The van der Waals surface area contributed by atoms with Crippen molar-refractivity contribution in [2.24, 2.45) is 11.1 Å². The van der Waals surface area contributed by atoms with Crippen molar-refractivity contribution in [1.29, 1.82) is 0 Å². The molecule has 0 radical (unpaired) electrons. The molecule has 4 aromatic rings. The van der Waals surface area contributed by atoms with Crippen LogP contribution in [0.5, 0.6) is 5.75 Å². The summed E-state index contributed by atoms with van der Waals surface area (Å²) in [6.07, 6.45) is 6.18. The Morgan fingerprint density at radius 3 is 2.39 bits per heavy atom. The molecule has 18 heteroatoms.